The van der Waals surface area contributed by atoms with E-state index < -0.39 is 77.7 Å². The smallest absolute Gasteiger partial charge is 0.443 e. The normalized spacial score (nSPS) is 23.6. The van der Waals surface area contributed by atoms with Crippen LogP contribution in [0.4, 0.5) is 24.6 Å². The lowest BCUT2D eigenvalue weighted by Crippen LogP contribution is -2.45. The number of hydrogen-bond donors (Lipinski definition) is 1. The summed E-state index contributed by atoms with van der Waals surface area (Å²) in [6, 6.07) is 1.15. The van der Waals surface area contributed by atoms with E-state index in [1.807, 2.05) is 0 Å². The zero-order valence-electron chi connectivity index (χ0n) is 26.8. The monoisotopic (exact) mass is 682 g/mol. The van der Waals surface area contributed by atoms with Crippen LogP contribution in [-0.4, -0.2) is 86.9 Å². The van der Waals surface area contributed by atoms with E-state index in [-0.39, 0.29) is 19.8 Å². The molecule has 3 heterocycles. The van der Waals surface area contributed by atoms with E-state index in [0.717, 1.165) is 28.6 Å². The molecule has 0 aliphatic carbocycles. The third kappa shape index (κ3) is 10.7. The second-order valence-corrected chi connectivity index (χ2v) is 16.2. The fraction of sp³-hybridized carbons (Fsp3) is 0.741. The van der Waals surface area contributed by atoms with Gasteiger partial charge in [-0.2, -0.15) is 9.88 Å². The number of imide groups is 1. The maximum atomic E-state index is 16.0. The first kappa shape index (κ1) is 36.9. The van der Waals surface area contributed by atoms with Gasteiger partial charge in [0.1, 0.15) is 22.2 Å². The van der Waals surface area contributed by atoms with Gasteiger partial charge < -0.3 is 23.8 Å². The molecule has 0 spiro atoms. The second kappa shape index (κ2) is 14.1. The Hall–Kier alpha value is -2.56. The molecule has 0 saturated carbocycles. The number of carbonyl (C=O) groups is 3. The van der Waals surface area contributed by atoms with Gasteiger partial charge in [0.15, 0.2) is 18.1 Å². The molecule has 2 aliphatic rings. The zero-order valence-corrected chi connectivity index (χ0v) is 28.5. The first-order valence-corrected chi connectivity index (χ1v) is 16.6. The van der Waals surface area contributed by atoms with Crippen LogP contribution in [0.1, 0.15) is 74.1 Å². The van der Waals surface area contributed by atoms with Crippen molar-refractivity contribution in [3.63, 3.8) is 0 Å². The van der Waals surface area contributed by atoms with Crippen LogP contribution in [0.25, 0.3) is 0 Å². The lowest BCUT2D eigenvalue weighted by Gasteiger charge is -2.32. The predicted octanol–water partition coefficient (Wildman–Crippen LogP) is 5.32. The first-order chi connectivity index (χ1) is 20.6. The van der Waals surface area contributed by atoms with Gasteiger partial charge in [-0.05, 0) is 74.8 Å². The molecule has 18 heteroatoms. The summed E-state index contributed by atoms with van der Waals surface area (Å²) in [5.74, 6) is -0.418. The van der Waals surface area contributed by atoms with Crippen molar-refractivity contribution < 1.29 is 56.2 Å². The molecule has 2 aliphatic heterocycles. The van der Waals surface area contributed by atoms with Crippen LogP contribution >= 0.6 is 19.9 Å². The summed E-state index contributed by atoms with van der Waals surface area (Å²) in [6.07, 6.45) is -5.22. The van der Waals surface area contributed by atoms with Crippen molar-refractivity contribution in [3.05, 3.63) is 22.7 Å². The predicted molar refractivity (Wildman–Crippen MR) is 161 cm³/mol. The Bertz CT molecular complexity index is 1260. The van der Waals surface area contributed by atoms with Crippen molar-refractivity contribution >= 4 is 44.1 Å². The van der Waals surface area contributed by atoms with E-state index >= 15 is 4.39 Å². The molecule has 0 unspecified atom stereocenters. The first-order valence-electron chi connectivity index (χ1n) is 14.2. The Morgan fingerprint density at radius 1 is 1.02 bits per heavy atom. The standard InChI is InChI=1S/C27H42FN3O12PS/c1-25(2,3)41-22(33)31(23(34)42-26(4,5)6)17-11-12-30(21(32)29-17)20-18(28)19(40-24(35)43-27(7,8)9)16(45-20)15-39-44(36)37-13-10-14-38-44/h11-12,16,18-20,36H,10,13-15H2,1-9H3/t16-,18+,19-,20-/m1/s1. The number of hydrogen-bond acceptors (Lipinski definition) is 14. The van der Waals surface area contributed by atoms with E-state index in [9.17, 15) is 24.1 Å². The topological polar surface area (TPSA) is 174 Å². The fourth-order valence-electron chi connectivity index (χ4n) is 3.87. The minimum absolute atomic E-state index is 0.200. The maximum Gasteiger partial charge on any atom is 0.509 e. The number of alkyl halides is 1. The molecule has 15 nitrogen and oxygen atoms in total. The number of anilines is 1. The summed E-state index contributed by atoms with van der Waals surface area (Å²) in [6.45, 7) is 14.4. The summed E-state index contributed by atoms with van der Waals surface area (Å²) in [5, 5.41) is -2.26. The average molecular weight is 683 g/mol. The van der Waals surface area contributed by atoms with Gasteiger partial charge in [0, 0.05) is 6.20 Å². The number of carbonyl (C=O) groups excluding carboxylic acids is 3. The molecular formula is C27H42FN3O12PS. The molecule has 1 aromatic heterocycles. The Morgan fingerprint density at radius 3 is 2.04 bits per heavy atom. The molecular weight excluding hydrogens is 640 g/mol. The molecule has 2 amide bonds. The van der Waals surface area contributed by atoms with Gasteiger partial charge in [-0.15, -0.1) is 11.8 Å². The molecule has 4 atom stereocenters. The van der Waals surface area contributed by atoms with E-state index in [1.54, 1.807) is 62.3 Å². The van der Waals surface area contributed by atoms with E-state index in [0.29, 0.717) is 11.3 Å². The van der Waals surface area contributed by atoms with Crippen molar-refractivity contribution in [3.8, 4) is 0 Å². The minimum Gasteiger partial charge on any atom is -0.443 e. The van der Waals surface area contributed by atoms with Crippen LogP contribution in [0.5, 0.6) is 0 Å². The number of thioether (sulfide) groups is 1. The molecule has 1 aromatic rings. The van der Waals surface area contributed by atoms with Gasteiger partial charge in [-0.1, -0.05) is 0 Å². The Morgan fingerprint density at radius 2 is 1.56 bits per heavy atom. The summed E-state index contributed by atoms with van der Waals surface area (Å²) in [7, 11) is -3.68. The zero-order chi connectivity index (χ0) is 34.0. The second-order valence-electron chi connectivity index (χ2n) is 13.1. The van der Waals surface area contributed by atoms with E-state index in [4.69, 9.17) is 32.5 Å². The lowest BCUT2D eigenvalue weighted by atomic mass is 10.1. The lowest BCUT2D eigenvalue weighted by molar-refractivity contribution is -0.0471. The Kier molecular flexibility index (Phi) is 11.5. The Balaban J connectivity index is 1.91. The van der Waals surface area contributed by atoms with Crippen LogP contribution in [0.2, 0.25) is 0 Å². The van der Waals surface area contributed by atoms with Crippen LogP contribution < -0.4 is 10.6 Å². The van der Waals surface area contributed by atoms with Gasteiger partial charge in [0.05, 0.1) is 25.1 Å². The highest BCUT2D eigenvalue weighted by molar-refractivity contribution is 8.00. The fourth-order valence-corrected chi connectivity index (χ4v) is 6.73. The molecule has 255 valence electrons. The summed E-state index contributed by atoms with van der Waals surface area (Å²) in [4.78, 5) is 66.6. The van der Waals surface area contributed by atoms with Crippen LogP contribution in [-0.2, 0) is 32.5 Å². The number of rotatable bonds is 6. The quantitative estimate of drug-likeness (QED) is 0.232. The van der Waals surface area contributed by atoms with Crippen molar-refractivity contribution in [2.75, 3.05) is 24.7 Å². The van der Waals surface area contributed by atoms with Crippen molar-refractivity contribution in [1.82, 2.24) is 9.55 Å². The van der Waals surface area contributed by atoms with Gasteiger partial charge >= 0.3 is 32.2 Å². The summed E-state index contributed by atoms with van der Waals surface area (Å²) in [5.41, 5.74) is -3.97. The Labute approximate surface area is 265 Å². The number of nitrogens with zero attached hydrogens (tertiary/aromatic N) is 3. The van der Waals surface area contributed by atoms with E-state index in [1.165, 1.54) is 0 Å². The SMILES string of the molecule is CC(C)(C)OC(=O)O[C@H]1[C@H](F)[C@H](n2ccc(N(C(=O)OC(C)(C)C)C(=O)OC(C)(C)C)nc2=O)S[C@@H]1CO[P]1(O)OCCCO1. The molecule has 0 bridgehead atoms. The molecule has 1 N–H and O–H groups in total. The van der Waals surface area contributed by atoms with Crippen molar-refractivity contribution in [2.24, 2.45) is 0 Å². The van der Waals surface area contributed by atoms with Crippen LogP contribution in [0, 0.1) is 0 Å². The van der Waals surface area contributed by atoms with Gasteiger partial charge in [0.2, 0.25) is 0 Å². The number of halogens is 1. The van der Waals surface area contributed by atoms with Crippen LogP contribution in [0.15, 0.2) is 17.1 Å². The van der Waals surface area contributed by atoms with Crippen molar-refractivity contribution in [2.45, 2.75) is 108 Å². The molecule has 2 saturated heterocycles. The highest BCUT2D eigenvalue weighted by Gasteiger charge is 2.50. The largest absolute Gasteiger partial charge is 0.509 e. The molecule has 1 radical (unpaired) electrons. The van der Waals surface area contributed by atoms with Gasteiger partial charge in [0.25, 0.3) is 0 Å². The molecule has 2 fully saturated rings. The molecule has 45 heavy (non-hydrogen) atoms. The molecule has 0 aromatic carbocycles. The van der Waals surface area contributed by atoms with Crippen molar-refractivity contribution in [1.29, 1.82) is 0 Å². The highest BCUT2D eigenvalue weighted by Crippen LogP contribution is 2.60. The summed E-state index contributed by atoms with van der Waals surface area (Å²) < 4.78 is 54.1. The number of ether oxygens (including phenoxy) is 4. The minimum atomic E-state index is -3.68. The number of amides is 2. The third-order valence-electron chi connectivity index (χ3n) is 5.56. The van der Waals surface area contributed by atoms with Crippen LogP contribution in [0.3, 0.4) is 0 Å². The van der Waals surface area contributed by atoms with Gasteiger partial charge in [-0.3, -0.25) is 18.1 Å². The number of aromatic nitrogens is 2. The van der Waals surface area contributed by atoms with E-state index in [2.05, 4.69) is 4.98 Å². The average Bonchev–Trinajstić information content (AvgIpc) is 3.15. The maximum absolute atomic E-state index is 16.0. The highest BCUT2D eigenvalue weighted by atomic mass is 32.2. The summed E-state index contributed by atoms with van der Waals surface area (Å²) >= 11 is 0.873. The molecule has 3 rings (SSSR count). The third-order valence-corrected chi connectivity index (χ3v) is 8.57. The van der Waals surface area contributed by atoms with Gasteiger partial charge in [-0.25, -0.2) is 23.6 Å².